The van der Waals surface area contributed by atoms with E-state index >= 15 is 0 Å². The van der Waals surface area contributed by atoms with E-state index in [1.165, 1.54) is 0 Å². The molecule has 0 atom stereocenters. The SMILES string of the molecule is C=C.CCCOC(=O)C=CC(=O)O. The lowest BCUT2D eigenvalue weighted by atomic mass is 10.5. The Morgan fingerprint density at radius 3 is 2.31 bits per heavy atom. The van der Waals surface area contributed by atoms with Crippen molar-refractivity contribution in [1.82, 2.24) is 0 Å². The minimum absolute atomic E-state index is 0.322. The first-order valence-corrected chi connectivity index (χ1v) is 3.74. The van der Waals surface area contributed by atoms with Gasteiger partial charge in [0.05, 0.1) is 6.61 Å². The highest BCUT2D eigenvalue weighted by Crippen LogP contribution is 1.84. The molecule has 0 aromatic heterocycles. The van der Waals surface area contributed by atoms with Crippen molar-refractivity contribution in [3.63, 3.8) is 0 Å². The van der Waals surface area contributed by atoms with Crippen LogP contribution < -0.4 is 0 Å². The lowest BCUT2D eigenvalue weighted by molar-refractivity contribution is -0.138. The minimum atomic E-state index is -1.15. The van der Waals surface area contributed by atoms with Crippen molar-refractivity contribution in [3.8, 4) is 0 Å². The molecule has 0 rings (SSSR count). The van der Waals surface area contributed by atoms with Crippen molar-refractivity contribution in [1.29, 1.82) is 0 Å². The first-order valence-electron chi connectivity index (χ1n) is 3.74. The number of carboxylic acids is 1. The van der Waals surface area contributed by atoms with Gasteiger partial charge in [-0.15, -0.1) is 13.2 Å². The van der Waals surface area contributed by atoms with Crippen LogP contribution in [0.5, 0.6) is 0 Å². The molecule has 0 heterocycles. The van der Waals surface area contributed by atoms with Crippen molar-refractivity contribution in [2.45, 2.75) is 13.3 Å². The molecule has 13 heavy (non-hydrogen) atoms. The fourth-order valence-electron chi connectivity index (χ4n) is 0.390. The van der Waals surface area contributed by atoms with E-state index in [4.69, 9.17) is 5.11 Å². The molecule has 0 saturated heterocycles. The number of carboxylic acid groups (broad SMARTS) is 1. The zero-order chi connectivity index (χ0) is 10.7. The fourth-order valence-corrected chi connectivity index (χ4v) is 0.390. The quantitative estimate of drug-likeness (QED) is 0.409. The number of esters is 1. The topological polar surface area (TPSA) is 63.6 Å². The maximum absolute atomic E-state index is 10.5. The number of hydrogen-bond donors (Lipinski definition) is 1. The summed E-state index contributed by atoms with van der Waals surface area (Å²) in [5.41, 5.74) is 0. The van der Waals surface area contributed by atoms with Crippen LogP contribution in [-0.2, 0) is 14.3 Å². The zero-order valence-corrected chi connectivity index (χ0v) is 7.66. The molecule has 74 valence electrons. The second kappa shape index (κ2) is 10.4. The average molecular weight is 186 g/mol. The lowest BCUT2D eigenvalue weighted by Gasteiger charge is -1.95. The standard InChI is InChI=1S/C7H10O4.C2H4/c1-2-5-11-7(10)4-3-6(8)9;1-2/h3-4H,2,5H2,1H3,(H,8,9);1-2H2. The summed E-state index contributed by atoms with van der Waals surface area (Å²) in [4.78, 5) is 20.4. The van der Waals surface area contributed by atoms with Crippen molar-refractivity contribution >= 4 is 11.9 Å². The van der Waals surface area contributed by atoms with Gasteiger partial charge in [-0.3, -0.25) is 0 Å². The van der Waals surface area contributed by atoms with Crippen LogP contribution in [0.4, 0.5) is 0 Å². The van der Waals surface area contributed by atoms with Crippen molar-refractivity contribution in [2.24, 2.45) is 0 Å². The van der Waals surface area contributed by atoms with Gasteiger partial charge in [0, 0.05) is 12.2 Å². The Kier molecular flexibility index (Phi) is 11.2. The van der Waals surface area contributed by atoms with E-state index < -0.39 is 11.9 Å². The molecular weight excluding hydrogens is 172 g/mol. The highest BCUT2D eigenvalue weighted by atomic mass is 16.5. The molecule has 0 aliphatic heterocycles. The molecule has 0 spiro atoms. The van der Waals surface area contributed by atoms with Crippen LogP contribution in [0.25, 0.3) is 0 Å². The van der Waals surface area contributed by atoms with Gasteiger partial charge in [-0.1, -0.05) is 6.92 Å². The number of ether oxygens (including phenoxy) is 1. The Morgan fingerprint density at radius 2 is 1.92 bits per heavy atom. The first kappa shape index (κ1) is 14.0. The maximum Gasteiger partial charge on any atom is 0.331 e. The molecule has 0 fully saturated rings. The Morgan fingerprint density at radius 1 is 1.38 bits per heavy atom. The van der Waals surface area contributed by atoms with E-state index in [2.05, 4.69) is 17.9 Å². The molecule has 0 aliphatic carbocycles. The van der Waals surface area contributed by atoms with E-state index in [0.717, 1.165) is 18.6 Å². The molecule has 0 saturated carbocycles. The van der Waals surface area contributed by atoms with E-state index in [9.17, 15) is 9.59 Å². The summed E-state index contributed by atoms with van der Waals surface area (Å²) >= 11 is 0. The molecule has 4 heteroatoms. The Hall–Kier alpha value is -1.58. The van der Waals surface area contributed by atoms with Crippen molar-refractivity contribution < 1.29 is 19.4 Å². The Labute approximate surface area is 77.5 Å². The number of carbonyl (C=O) groups excluding carboxylic acids is 1. The summed E-state index contributed by atoms with van der Waals surface area (Å²) in [7, 11) is 0. The predicted molar refractivity (Wildman–Crippen MR) is 49.3 cm³/mol. The zero-order valence-electron chi connectivity index (χ0n) is 7.66. The van der Waals surface area contributed by atoms with Crippen LogP contribution in [-0.4, -0.2) is 23.7 Å². The van der Waals surface area contributed by atoms with Crippen LogP contribution in [0.3, 0.4) is 0 Å². The second-order valence-corrected chi connectivity index (χ2v) is 1.84. The van der Waals surface area contributed by atoms with Crippen LogP contribution >= 0.6 is 0 Å². The summed E-state index contributed by atoms with van der Waals surface area (Å²) in [6, 6.07) is 0. The summed E-state index contributed by atoms with van der Waals surface area (Å²) in [6.45, 7) is 8.18. The number of rotatable bonds is 4. The van der Waals surface area contributed by atoms with Gasteiger partial charge in [0.25, 0.3) is 0 Å². The Balaban J connectivity index is 0. The number of hydrogen-bond acceptors (Lipinski definition) is 3. The van der Waals surface area contributed by atoms with E-state index in [0.29, 0.717) is 6.61 Å². The van der Waals surface area contributed by atoms with Crippen molar-refractivity contribution in [2.75, 3.05) is 6.61 Å². The molecule has 0 aromatic rings. The monoisotopic (exact) mass is 186 g/mol. The van der Waals surface area contributed by atoms with E-state index in [1.54, 1.807) is 0 Å². The number of carbonyl (C=O) groups is 2. The lowest BCUT2D eigenvalue weighted by Crippen LogP contribution is -2.02. The average Bonchev–Trinajstić information content (AvgIpc) is 2.14. The molecule has 1 N–H and O–H groups in total. The Bertz CT molecular complexity index is 184. The second-order valence-electron chi connectivity index (χ2n) is 1.84. The summed E-state index contributed by atoms with van der Waals surface area (Å²) in [5, 5.41) is 8.09. The van der Waals surface area contributed by atoms with Gasteiger partial charge >= 0.3 is 11.9 Å². The van der Waals surface area contributed by atoms with Crippen LogP contribution in [0, 0.1) is 0 Å². The molecule has 0 bridgehead atoms. The summed E-state index contributed by atoms with van der Waals surface area (Å²) in [5.74, 6) is -1.77. The smallest absolute Gasteiger partial charge is 0.331 e. The third-order valence-corrected chi connectivity index (χ3v) is 0.810. The van der Waals surface area contributed by atoms with Crippen LogP contribution in [0.1, 0.15) is 13.3 Å². The number of aliphatic carboxylic acids is 1. The highest BCUT2D eigenvalue weighted by Gasteiger charge is 1.95. The molecule has 0 radical (unpaired) electrons. The van der Waals surface area contributed by atoms with Crippen molar-refractivity contribution in [3.05, 3.63) is 25.3 Å². The molecule has 0 aliphatic rings. The van der Waals surface area contributed by atoms with Gasteiger partial charge in [-0.05, 0) is 6.42 Å². The van der Waals surface area contributed by atoms with E-state index in [1.807, 2.05) is 6.92 Å². The molecular formula is C9H14O4. The maximum atomic E-state index is 10.5. The molecule has 4 nitrogen and oxygen atoms in total. The molecule has 0 amide bonds. The molecule has 0 aromatic carbocycles. The summed E-state index contributed by atoms with van der Waals surface area (Å²) < 4.78 is 4.55. The van der Waals surface area contributed by atoms with Gasteiger partial charge in [0.15, 0.2) is 0 Å². The first-order chi connectivity index (χ1) is 6.16. The largest absolute Gasteiger partial charge is 0.478 e. The van der Waals surface area contributed by atoms with Gasteiger partial charge in [-0.25, -0.2) is 9.59 Å². The summed E-state index contributed by atoms with van der Waals surface area (Å²) in [6.07, 6.45) is 2.36. The predicted octanol–water partition coefficient (Wildman–Crippen LogP) is 1.38. The normalized spacial score (nSPS) is 8.69. The van der Waals surface area contributed by atoms with Gasteiger partial charge < -0.3 is 9.84 Å². The highest BCUT2D eigenvalue weighted by molar-refractivity contribution is 5.90. The van der Waals surface area contributed by atoms with Gasteiger partial charge in [-0.2, -0.15) is 0 Å². The third-order valence-electron chi connectivity index (χ3n) is 0.810. The van der Waals surface area contributed by atoms with Gasteiger partial charge in [0.2, 0.25) is 0 Å². The molecule has 0 unspecified atom stereocenters. The third kappa shape index (κ3) is 13.4. The van der Waals surface area contributed by atoms with Crippen LogP contribution in [0.15, 0.2) is 25.3 Å². The van der Waals surface area contributed by atoms with Gasteiger partial charge in [0.1, 0.15) is 0 Å². The minimum Gasteiger partial charge on any atom is -0.478 e. The van der Waals surface area contributed by atoms with Crippen LogP contribution in [0.2, 0.25) is 0 Å². The fraction of sp³-hybridized carbons (Fsp3) is 0.333. The van der Waals surface area contributed by atoms with E-state index in [-0.39, 0.29) is 0 Å².